The van der Waals surface area contributed by atoms with Crippen molar-refractivity contribution < 1.29 is 9.90 Å². The van der Waals surface area contributed by atoms with E-state index in [2.05, 4.69) is 4.98 Å². The minimum Gasteiger partial charge on any atom is -0.512 e. The molecule has 0 aliphatic heterocycles. The first kappa shape index (κ1) is 16.6. The highest BCUT2D eigenvalue weighted by Gasteiger charge is 2.33. The summed E-state index contributed by atoms with van der Waals surface area (Å²) in [5.41, 5.74) is 5.87. The number of allylic oxidation sites excluding steroid dienone is 2. The molecule has 120 valence electrons. The Hall–Kier alpha value is -1.76. The second-order valence-corrected chi connectivity index (χ2v) is 7.14. The highest BCUT2D eigenvalue weighted by atomic mass is 32.2. The largest absolute Gasteiger partial charge is 0.512 e. The van der Waals surface area contributed by atoms with Crippen molar-refractivity contribution in [1.29, 1.82) is 0 Å². The Morgan fingerprint density at radius 1 is 1.36 bits per heavy atom. The topological polar surface area (TPSA) is 98.2 Å². The summed E-state index contributed by atoms with van der Waals surface area (Å²) in [5.74, 6) is 0.0335. The van der Waals surface area contributed by atoms with Gasteiger partial charge >= 0.3 is 0 Å². The lowest BCUT2D eigenvalue weighted by atomic mass is 9.75. The third-order valence-electron chi connectivity index (χ3n) is 3.88. The summed E-state index contributed by atoms with van der Waals surface area (Å²) in [7, 11) is 1.62. The maximum Gasteiger partial charge on any atom is 0.259 e. The first-order chi connectivity index (χ1) is 10.2. The first-order valence-corrected chi connectivity index (χ1v) is 8.22. The van der Waals surface area contributed by atoms with Gasteiger partial charge in [0.1, 0.15) is 5.82 Å². The van der Waals surface area contributed by atoms with Crippen LogP contribution in [-0.2, 0) is 18.3 Å². The average molecular weight is 323 g/mol. The van der Waals surface area contributed by atoms with Crippen LogP contribution >= 0.6 is 11.8 Å². The summed E-state index contributed by atoms with van der Waals surface area (Å²) in [4.78, 5) is 28.8. The summed E-state index contributed by atoms with van der Waals surface area (Å²) in [6.45, 7) is 3.86. The Morgan fingerprint density at radius 2 is 2.00 bits per heavy atom. The second kappa shape index (κ2) is 5.79. The highest BCUT2D eigenvalue weighted by molar-refractivity contribution is 7.98. The Bertz CT molecular complexity index is 719. The number of hydrogen-bond acceptors (Lipinski definition) is 6. The van der Waals surface area contributed by atoms with Gasteiger partial charge in [-0.15, -0.1) is 0 Å². The van der Waals surface area contributed by atoms with E-state index in [1.807, 2.05) is 20.1 Å². The number of nitrogen functional groups attached to an aromatic ring is 1. The zero-order valence-electron chi connectivity index (χ0n) is 13.3. The molecular weight excluding hydrogens is 302 g/mol. The van der Waals surface area contributed by atoms with Gasteiger partial charge in [0.05, 0.1) is 11.3 Å². The van der Waals surface area contributed by atoms with Crippen LogP contribution < -0.4 is 11.3 Å². The maximum atomic E-state index is 12.4. The summed E-state index contributed by atoms with van der Waals surface area (Å²) < 4.78 is 1.41. The van der Waals surface area contributed by atoms with Crippen LogP contribution in [0.4, 0.5) is 5.82 Å². The minimum atomic E-state index is -0.283. The molecule has 22 heavy (non-hydrogen) atoms. The van der Waals surface area contributed by atoms with E-state index in [1.165, 1.54) is 16.3 Å². The van der Waals surface area contributed by atoms with Gasteiger partial charge in [-0.25, -0.2) is 4.98 Å². The number of aliphatic hydroxyl groups is 1. The Labute approximate surface area is 133 Å². The maximum absolute atomic E-state index is 12.4. The van der Waals surface area contributed by atoms with Crippen molar-refractivity contribution in [2.75, 3.05) is 12.0 Å². The Balaban J connectivity index is 2.46. The van der Waals surface area contributed by atoms with Gasteiger partial charge in [-0.2, -0.15) is 0 Å². The number of nitrogens with zero attached hydrogens (tertiary/aromatic N) is 2. The zero-order chi connectivity index (χ0) is 16.7. The Morgan fingerprint density at radius 3 is 2.55 bits per heavy atom. The molecule has 1 heterocycles. The molecule has 0 unspecified atom stereocenters. The van der Waals surface area contributed by atoms with Crippen LogP contribution in [0.25, 0.3) is 0 Å². The van der Waals surface area contributed by atoms with E-state index >= 15 is 0 Å². The molecule has 0 fully saturated rings. The zero-order valence-corrected chi connectivity index (χ0v) is 14.1. The van der Waals surface area contributed by atoms with Crippen LogP contribution in [0.15, 0.2) is 21.3 Å². The summed E-state index contributed by atoms with van der Waals surface area (Å²) in [5, 5.41) is 10.7. The number of rotatable bonds is 3. The highest BCUT2D eigenvalue weighted by Crippen LogP contribution is 2.36. The SMILES string of the molecule is CSc1nc(N)c(CC2=C(O)CC(C)(C)CC2=O)c(=O)n1C. The van der Waals surface area contributed by atoms with Crippen molar-refractivity contribution in [1.82, 2.24) is 9.55 Å². The fourth-order valence-corrected chi connectivity index (χ4v) is 3.24. The molecule has 0 amide bonds. The number of carbonyl (C=O) groups excluding carboxylic acids is 1. The van der Waals surface area contributed by atoms with Crippen LogP contribution in [0.1, 0.15) is 32.3 Å². The fraction of sp³-hybridized carbons (Fsp3) is 0.533. The van der Waals surface area contributed by atoms with E-state index in [-0.39, 0.29) is 45.9 Å². The molecule has 2 rings (SSSR count). The molecule has 0 atom stereocenters. The molecule has 1 aliphatic rings. The lowest BCUT2D eigenvalue weighted by molar-refractivity contribution is -0.118. The number of thioether (sulfide) groups is 1. The smallest absolute Gasteiger partial charge is 0.259 e. The summed E-state index contributed by atoms with van der Waals surface area (Å²) in [6, 6.07) is 0. The second-order valence-electron chi connectivity index (χ2n) is 6.37. The molecule has 0 radical (unpaired) electrons. The van der Waals surface area contributed by atoms with E-state index < -0.39 is 0 Å². The van der Waals surface area contributed by atoms with Crippen molar-refractivity contribution in [3.63, 3.8) is 0 Å². The monoisotopic (exact) mass is 323 g/mol. The van der Waals surface area contributed by atoms with E-state index in [4.69, 9.17) is 5.73 Å². The van der Waals surface area contributed by atoms with Crippen molar-refractivity contribution >= 4 is 23.4 Å². The van der Waals surface area contributed by atoms with Crippen molar-refractivity contribution in [2.24, 2.45) is 12.5 Å². The van der Waals surface area contributed by atoms with Crippen LogP contribution in [0.3, 0.4) is 0 Å². The standard InChI is InChI=1S/C15H21N3O3S/c1-15(2)6-10(19)8(11(20)7-15)5-9-12(16)17-14(22-4)18(3)13(9)21/h19H,5-7,16H2,1-4H3. The normalized spacial score (nSPS) is 17.9. The Kier molecular flexibility index (Phi) is 4.37. The number of aliphatic hydroxyl groups excluding tert-OH is 1. The molecular formula is C15H21N3O3S. The van der Waals surface area contributed by atoms with Crippen molar-refractivity contribution in [2.45, 2.75) is 38.3 Å². The number of carbonyl (C=O) groups is 1. The molecule has 3 N–H and O–H groups in total. The molecule has 7 heteroatoms. The van der Waals surface area contributed by atoms with Gasteiger partial charge in [0.2, 0.25) is 0 Å². The number of aromatic nitrogens is 2. The lowest BCUT2D eigenvalue weighted by Crippen LogP contribution is -2.30. The molecule has 0 saturated carbocycles. The molecule has 0 saturated heterocycles. The number of Topliss-reactive ketones (excluding diaryl/α,β-unsaturated/α-hetero) is 1. The van der Waals surface area contributed by atoms with Crippen LogP contribution in [0.5, 0.6) is 0 Å². The molecule has 6 nitrogen and oxygen atoms in total. The van der Waals surface area contributed by atoms with Gasteiger partial charge in [-0.3, -0.25) is 14.2 Å². The fourth-order valence-electron chi connectivity index (χ4n) is 2.70. The predicted octanol–water partition coefficient (Wildman–Crippen LogP) is 1.83. The third kappa shape index (κ3) is 3.04. The quantitative estimate of drug-likeness (QED) is 0.650. The van der Waals surface area contributed by atoms with Gasteiger partial charge in [-0.1, -0.05) is 25.6 Å². The lowest BCUT2D eigenvalue weighted by Gasteiger charge is -2.29. The van der Waals surface area contributed by atoms with Crippen molar-refractivity contribution in [3.8, 4) is 0 Å². The van der Waals surface area contributed by atoms with Gasteiger partial charge in [0, 0.05) is 31.9 Å². The van der Waals surface area contributed by atoms with E-state index in [9.17, 15) is 14.7 Å². The molecule has 0 bridgehead atoms. The van der Waals surface area contributed by atoms with Gasteiger partial charge in [0.15, 0.2) is 10.9 Å². The van der Waals surface area contributed by atoms with E-state index in [1.54, 1.807) is 7.05 Å². The van der Waals surface area contributed by atoms with Crippen molar-refractivity contribution in [3.05, 3.63) is 27.2 Å². The number of ketones is 1. The molecule has 0 aromatic carbocycles. The number of anilines is 1. The molecule has 1 aromatic heterocycles. The van der Waals surface area contributed by atoms with E-state index in [0.717, 1.165) is 0 Å². The van der Waals surface area contributed by atoms with E-state index in [0.29, 0.717) is 18.0 Å². The van der Waals surface area contributed by atoms with Gasteiger partial charge in [0.25, 0.3) is 5.56 Å². The molecule has 1 aromatic rings. The number of nitrogens with two attached hydrogens (primary N) is 1. The van der Waals surface area contributed by atoms with Crippen LogP contribution in [-0.4, -0.2) is 26.7 Å². The molecule has 0 spiro atoms. The minimum absolute atomic E-state index is 0.0287. The average Bonchev–Trinajstić information content (AvgIpc) is 2.40. The first-order valence-electron chi connectivity index (χ1n) is 7.00. The predicted molar refractivity (Wildman–Crippen MR) is 87.1 cm³/mol. The summed E-state index contributed by atoms with van der Waals surface area (Å²) >= 11 is 1.32. The number of hydrogen-bond donors (Lipinski definition) is 2. The summed E-state index contributed by atoms with van der Waals surface area (Å²) in [6.07, 6.45) is 2.61. The van der Waals surface area contributed by atoms with Crippen LogP contribution in [0, 0.1) is 5.41 Å². The molecule has 1 aliphatic carbocycles. The van der Waals surface area contributed by atoms with Gasteiger partial charge < -0.3 is 10.8 Å². The van der Waals surface area contributed by atoms with Crippen LogP contribution in [0.2, 0.25) is 0 Å². The van der Waals surface area contributed by atoms with Gasteiger partial charge in [-0.05, 0) is 11.7 Å². The third-order valence-corrected chi connectivity index (χ3v) is 4.61.